The van der Waals surface area contributed by atoms with E-state index in [2.05, 4.69) is 20.4 Å². The molecule has 0 radical (unpaired) electrons. The van der Waals surface area contributed by atoms with Gasteiger partial charge in [-0.1, -0.05) is 6.92 Å². The van der Waals surface area contributed by atoms with Gasteiger partial charge in [0.1, 0.15) is 17.4 Å². The highest BCUT2D eigenvalue weighted by Gasteiger charge is 2.15. The SMILES string of the molecule is CCc1ncc(CNC(=O)c2nc(C)n(-c3ccc(F)cc3)n2)o1. The third-order valence-corrected chi connectivity index (χ3v) is 3.37. The summed E-state index contributed by atoms with van der Waals surface area (Å²) in [5, 5.41) is 6.85. The van der Waals surface area contributed by atoms with E-state index >= 15 is 0 Å². The summed E-state index contributed by atoms with van der Waals surface area (Å²) in [5.74, 6) is 0.983. The van der Waals surface area contributed by atoms with Crippen LogP contribution in [0, 0.1) is 12.7 Å². The Kier molecular flexibility index (Phi) is 4.37. The second kappa shape index (κ2) is 6.61. The molecule has 2 aromatic heterocycles. The highest BCUT2D eigenvalue weighted by molar-refractivity contribution is 5.90. The van der Waals surface area contributed by atoms with E-state index in [1.807, 2.05) is 6.92 Å². The topological polar surface area (TPSA) is 85.8 Å². The lowest BCUT2D eigenvalue weighted by atomic mass is 10.3. The fraction of sp³-hybridized carbons (Fsp3) is 0.250. The number of nitrogens with zero attached hydrogens (tertiary/aromatic N) is 4. The fourth-order valence-electron chi connectivity index (χ4n) is 2.15. The predicted octanol–water partition coefficient (Wildman–Crippen LogP) is 2.20. The predicted molar refractivity (Wildman–Crippen MR) is 83.1 cm³/mol. The van der Waals surface area contributed by atoms with E-state index in [0.717, 1.165) is 0 Å². The molecule has 3 rings (SSSR count). The Balaban J connectivity index is 1.71. The molecule has 3 aromatic rings. The van der Waals surface area contributed by atoms with Crippen LogP contribution >= 0.6 is 0 Å². The Hall–Kier alpha value is -3.03. The molecule has 0 bridgehead atoms. The number of aryl methyl sites for hydroxylation is 2. The van der Waals surface area contributed by atoms with Gasteiger partial charge in [-0.25, -0.2) is 19.0 Å². The van der Waals surface area contributed by atoms with Crippen LogP contribution < -0.4 is 5.32 Å². The molecule has 2 heterocycles. The maximum absolute atomic E-state index is 13.0. The number of carbonyl (C=O) groups is 1. The first-order valence-electron chi connectivity index (χ1n) is 7.48. The zero-order valence-electron chi connectivity index (χ0n) is 13.3. The minimum Gasteiger partial charge on any atom is -0.444 e. The van der Waals surface area contributed by atoms with E-state index in [0.29, 0.717) is 29.6 Å². The van der Waals surface area contributed by atoms with Gasteiger partial charge < -0.3 is 9.73 Å². The number of amides is 1. The molecule has 0 atom stereocenters. The standard InChI is InChI=1S/C16H16FN5O2/c1-3-14-18-8-13(24-14)9-19-16(23)15-20-10(2)22(21-15)12-6-4-11(17)5-7-12/h4-8H,3,9H2,1-2H3,(H,19,23). The van der Waals surface area contributed by atoms with Crippen LogP contribution in [-0.2, 0) is 13.0 Å². The number of halogens is 1. The summed E-state index contributed by atoms with van der Waals surface area (Å²) < 4.78 is 19.9. The Bertz CT molecular complexity index is 854. The lowest BCUT2D eigenvalue weighted by Crippen LogP contribution is -2.24. The number of benzene rings is 1. The average molecular weight is 329 g/mol. The number of hydrogen-bond donors (Lipinski definition) is 1. The third kappa shape index (κ3) is 3.32. The molecular weight excluding hydrogens is 313 g/mol. The van der Waals surface area contributed by atoms with Crippen LogP contribution in [0.5, 0.6) is 0 Å². The van der Waals surface area contributed by atoms with E-state index in [9.17, 15) is 9.18 Å². The Labute approximate surface area is 137 Å². The van der Waals surface area contributed by atoms with E-state index < -0.39 is 5.91 Å². The monoisotopic (exact) mass is 329 g/mol. The molecule has 1 amide bonds. The highest BCUT2D eigenvalue weighted by atomic mass is 19.1. The van der Waals surface area contributed by atoms with Crippen LogP contribution in [0.25, 0.3) is 5.69 Å². The van der Waals surface area contributed by atoms with Crippen LogP contribution in [-0.4, -0.2) is 25.7 Å². The van der Waals surface area contributed by atoms with Crippen LogP contribution in [0.15, 0.2) is 34.9 Å². The number of rotatable bonds is 5. The van der Waals surface area contributed by atoms with Crippen molar-refractivity contribution >= 4 is 5.91 Å². The Morgan fingerprint density at radius 3 is 2.75 bits per heavy atom. The second-order valence-electron chi connectivity index (χ2n) is 5.13. The molecule has 0 saturated carbocycles. The quantitative estimate of drug-likeness (QED) is 0.775. The molecule has 1 aromatic carbocycles. The largest absolute Gasteiger partial charge is 0.444 e. The molecule has 124 valence electrons. The van der Waals surface area contributed by atoms with Crippen molar-refractivity contribution < 1.29 is 13.6 Å². The van der Waals surface area contributed by atoms with E-state index in [-0.39, 0.29) is 18.2 Å². The van der Waals surface area contributed by atoms with Crippen molar-refractivity contribution in [1.82, 2.24) is 25.1 Å². The van der Waals surface area contributed by atoms with Crippen LogP contribution in [0.1, 0.15) is 35.0 Å². The summed E-state index contributed by atoms with van der Waals surface area (Å²) in [6.45, 7) is 3.86. The molecule has 0 aliphatic rings. The summed E-state index contributed by atoms with van der Waals surface area (Å²) in [6, 6.07) is 5.79. The first-order valence-corrected chi connectivity index (χ1v) is 7.48. The molecule has 8 heteroatoms. The fourth-order valence-corrected chi connectivity index (χ4v) is 2.15. The van der Waals surface area contributed by atoms with Crippen molar-refractivity contribution in [3.8, 4) is 5.69 Å². The first kappa shape index (κ1) is 15.9. The Morgan fingerprint density at radius 2 is 2.08 bits per heavy atom. The number of hydrogen-bond acceptors (Lipinski definition) is 5. The van der Waals surface area contributed by atoms with Crippen molar-refractivity contribution in [2.75, 3.05) is 0 Å². The van der Waals surface area contributed by atoms with Crippen molar-refractivity contribution in [3.05, 3.63) is 59.6 Å². The molecular formula is C16H16FN5O2. The smallest absolute Gasteiger partial charge is 0.291 e. The summed E-state index contributed by atoms with van der Waals surface area (Å²) in [4.78, 5) is 20.4. The van der Waals surface area contributed by atoms with E-state index in [4.69, 9.17) is 4.42 Å². The van der Waals surface area contributed by atoms with Gasteiger partial charge in [0.25, 0.3) is 5.91 Å². The zero-order valence-corrected chi connectivity index (χ0v) is 13.3. The summed E-state index contributed by atoms with van der Waals surface area (Å²) >= 11 is 0. The minimum atomic E-state index is -0.423. The lowest BCUT2D eigenvalue weighted by Gasteiger charge is -2.02. The van der Waals surface area contributed by atoms with Gasteiger partial charge in [0, 0.05) is 6.42 Å². The highest BCUT2D eigenvalue weighted by Crippen LogP contribution is 2.11. The molecule has 0 aliphatic carbocycles. The number of oxazole rings is 1. The van der Waals surface area contributed by atoms with Crippen LogP contribution in [0.2, 0.25) is 0 Å². The van der Waals surface area contributed by atoms with Gasteiger partial charge in [0.15, 0.2) is 5.89 Å². The molecule has 0 spiro atoms. The van der Waals surface area contributed by atoms with Crippen molar-refractivity contribution in [2.45, 2.75) is 26.8 Å². The van der Waals surface area contributed by atoms with Crippen molar-refractivity contribution in [3.63, 3.8) is 0 Å². The van der Waals surface area contributed by atoms with E-state index in [1.54, 1.807) is 25.3 Å². The summed E-state index contributed by atoms with van der Waals surface area (Å²) in [5.41, 5.74) is 0.628. The van der Waals surface area contributed by atoms with Gasteiger partial charge in [0.2, 0.25) is 5.82 Å². The molecule has 1 N–H and O–H groups in total. The van der Waals surface area contributed by atoms with Crippen LogP contribution in [0.4, 0.5) is 4.39 Å². The van der Waals surface area contributed by atoms with Gasteiger partial charge in [-0.15, -0.1) is 5.10 Å². The number of nitrogens with one attached hydrogen (secondary N) is 1. The Morgan fingerprint density at radius 1 is 1.33 bits per heavy atom. The molecule has 7 nitrogen and oxygen atoms in total. The van der Waals surface area contributed by atoms with Crippen molar-refractivity contribution in [1.29, 1.82) is 0 Å². The third-order valence-electron chi connectivity index (χ3n) is 3.37. The number of aromatic nitrogens is 4. The molecule has 0 aliphatic heterocycles. The lowest BCUT2D eigenvalue weighted by molar-refractivity contribution is 0.0937. The maximum Gasteiger partial charge on any atom is 0.291 e. The normalized spacial score (nSPS) is 10.8. The first-order chi connectivity index (χ1) is 11.6. The van der Waals surface area contributed by atoms with Gasteiger partial charge in [-0.05, 0) is 31.2 Å². The van der Waals surface area contributed by atoms with Crippen molar-refractivity contribution in [2.24, 2.45) is 0 Å². The minimum absolute atomic E-state index is 0.0343. The summed E-state index contributed by atoms with van der Waals surface area (Å²) in [7, 11) is 0. The van der Waals surface area contributed by atoms with Gasteiger partial charge >= 0.3 is 0 Å². The zero-order chi connectivity index (χ0) is 17.1. The second-order valence-corrected chi connectivity index (χ2v) is 5.13. The average Bonchev–Trinajstić information content (AvgIpc) is 3.20. The molecule has 0 unspecified atom stereocenters. The number of carbonyl (C=O) groups excluding carboxylic acids is 1. The van der Waals surface area contributed by atoms with Crippen LogP contribution in [0.3, 0.4) is 0 Å². The maximum atomic E-state index is 13.0. The van der Waals surface area contributed by atoms with Gasteiger partial charge in [0.05, 0.1) is 18.4 Å². The summed E-state index contributed by atoms with van der Waals surface area (Å²) in [6.07, 6.45) is 2.27. The van der Waals surface area contributed by atoms with Gasteiger partial charge in [-0.2, -0.15) is 0 Å². The van der Waals surface area contributed by atoms with Gasteiger partial charge in [-0.3, -0.25) is 4.79 Å². The molecule has 24 heavy (non-hydrogen) atoms. The molecule has 0 fully saturated rings. The van der Waals surface area contributed by atoms with E-state index in [1.165, 1.54) is 16.8 Å². The molecule has 0 saturated heterocycles.